The highest BCUT2D eigenvalue weighted by atomic mass is 16.5. The molecular formula is C22H34O6. The summed E-state index contributed by atoms with van der Waals surface area (Å²) in [5.41, 5.74) is 0. The van der Waals surface area contributed by atoms with Crippen molar-refractivity contribution in [2.75, 3.05) is 0 Å². The minimum atomic E-state index is -0.785. The van der Waals surface area contributed by atoms with E-state index in [2.05, 4.69) is 0 Å². The minimum Gasteiger partial charge on any atom is -0.481 e. The smallest absolute Gasteiger partial charge is 0.303 e. The number of aliphatic hydroxyl groups excluding tert-OH is 3. The lowest BCUT2D eigenvalue weighted by Gasteiger charge is -2.16. The second kappa shape index (κ2) is 14.3. The van der Waals surface area contributed by atoms with Crippen LogP contribution < -0.4 is 0 Å². The third-order valence-electron chi connectivity index (χ3n) is 4.50. The third-order valence-corrected chi connectivity index (χ3v) is 4.50. The van der Waals surface area contributed by atoms with Crippen molar-refractivity contribution in [3.05, 3.63) is 48.6 Å². The fourth-order valence-corrected chi connectivity index (χ4v) is 2.77. The van der Waals surface area contributed by atoms with Crippen LogP contribution in [-0.2, 0) is 9.53 Å². The van der Waals surface area contributed by atoms with Crippen molar-refractivity contribution in [2.24, 2.45) is 0 Å². The van der Waals surface area contributed by atoms with Gasteiger partial charge in [-0.3, -0.25) is 4.79 Å². The van der Waals surface area contributed by atoms with Crippen LogP contribution in [0.1, 0.15) is 51.9 Å². The Labute approximate surface area is 167 Å². The average Bonchev–Trinajstić information content (AvgIpc) is 3.04. The van der Waals surface area contributed by atoms with Gasteiger partial charge in [-0.25, -0.2) is 0 Å². The third kappa shape index (κ3) is 10.6. The van der Waals surface area contributed by atoms with E-state index in [1.807, 2.05) is 43.4 Å². The summed E-state index contributed by atoms with van der Waals surface area (Å²) < 4.78 is 5.70. The molecular weight excluding hydrogens is 360 g/mol. The molecule has 6 nitrogen and oxygen atoms in total. The van der Waals surface area contributed by atoms with Crippen LogP contribution in [0.2, 0.25) is 0 Å². The maximum absolute atomic E-state index is 10.4. The van der Waals surface area contributed by atoms with Crippen molar-refractivity contribution in [3.8, 4) is 0 Å². The topological polar surface area (TPSA) is 107 Å². The molecule has 0 aromatic carbocycles. The maximum Gasteiger partial charge on any atom is 0.303 e. The Morgan fingerprint density at radius 3 is 2.39 bits per heavy atom. The van der Waals surface area contributed by atoms with Gasteiger partial charge in [0.2, 0.25) is 0 Å². The molecule has 6 heteroatoms. The van der Waals surface area contributed by atoms with Crippen molar-refractivity contribution in [3.63, 3.8) is 0 Å². The van der Waals surface area contributed by atoms with Gasteiger partial charge in [0.1, 0.15) is 6.10 Å². The van der Waals surface area contributed by atoms with Gasteiger partial charge in [-0.15, -0.1) is 0 Å². The SMILES string of the molecule is CC[C@@H](O)/C=C/[C@@H]1O[C@H]([C@@H](O)C/C=C\C/C=C\C/C=C\CCC(=O)O)C[C@H]1O. The second-order valence-corrected chi connectivity index (χ2v) is 6.92. The fourth-order valence-electron chi connectivity index (χ4n) is 2.77. The van der Waals surface area contributed by atoms with Gasteiger partial charge < -0.3 is 25.2 Å². The monoisotopic (exact) mass is 394 g/mol. The van der Waals surface area contributed by atoms with E-state index in [4.69, 9.17) is 9.84 Å². The molecule has 1 saturated heterocycles. The summed E-state index contributed by atoms with van der Waals surface area (Å²) in [6.45, 7) is 1.87. The normalized spacial score (nSPS) is 25.5. The first-order valence-electron chi connectivity index (χ1n) is 9.98. The van der Waals surface area contributed by atoms with Crippen LogP contribution in [0.15, 0.2) is 48.6 Å². The molecule has 0 spiro atoms. The van der Waals surface area contributed by atoms with E-state index in [1.165, 1.54) is 0 Å². The zero-order valence-electron chi connectivity index (χ0n) is 16.6. The number of rotatable bonds is 13. The number of aliphatic carboxylic acids is 1. The largest absolute Gasteiger partial charge is 0.481 e. The standard InChI is InChI=1S/C22H34O6/c1-2-17(23)14-15-20-19(25)16-21(28-20)18(24)12-10-8-6-4-3-5-7-9-11-13-22(26)27/h3-4,7-10,14-15,17-21,23-25H,2,5-6,11-13,16H2,1H3,(H,26,27)/b4-3-,9-7-,10-8-,15-14+/t17-,18+,19-,20+,21+/m1/s1. The number of carboxylic acids is 1. The van der Waals surface area contributed by atoms with Gasteiger partial charge in [0.05, 0.1) is 24.4 Å². The highest BCUT2D eigenvalue weighted by Crippen LogP contribution is 2.25. The van der Waals surface area contributed by atoms with Crippen LogP contribution in [-0.4, -0.2) is 56.9 Å². The molecule has 1 aliphatic rings. The molecule has 0 aromatic heterocycles. The van der Waals surface area contributed by atoms with E-state index in [1.54, 1.807) is 12.2 Å². The lowest BCUT2D eigenvalue weighted by atomic mass is 10.0. The average molecular weight is 395 g/mol. The molecule has 0 bridgehead atoms. The minimum absolute atomic E-state index is 0.157. The van der Waals surface area contributed by atoms with Crippen molar-refractivity contribution in [2.45, 2.75) is 82.4 Å². The van der Waals surface area contributed by atoms with Gasteiger partial charge in [-0.1, -0.05) is 55.5 Å². The molecule has 4 N–H and O–H groups in total. The molecule has 0 unspecified atom stereocenters. The summed E-state index contributed by atoms with van der Waals surface area (Å²) in [6.07, 6.45) is 15.9. The van der Waals surface area contributed by atoms with Crippen LogP contribution in [0, 0.1) is 0 Å². The number of ether oxygens (including phenoxy) is 1. The Bertz CT molecular complexity index is 551. The first kappa shape index (κ1) is 24.3. The number of carboxylic acid groups (broad SMARTS) is 1. The number of hydrogen-bond acceptors (Lipinski definition) is 5. The number of aliphatic hydroxyl groups is 3. The van der Waals surface area contributed by atoms with Gasteiger partial charge in [-0.05, 0) is 32.1 Å². The first-order valence-corrected chi connectivity index (χ1v) is 9.98. The maximum atomic E-state index is 10.4. The van der Waals surface area contributed by atoms with Crippen LogP contribution in [0.3, 0.4) is 0 Å². The van der Waals surface area contributed by atoms with Gasteiger partial charge >= 0.3 is 5.97 Å². The molecule has 1 heterocycles. The summed E-state index contributed by atoms with van der Waals surface area (Å²) >= 11 is 0. The van der Waals surface area contributed by atoms with Crippen LogP contribution in [0.4, 0.5) is 0 Å². The number of hydrogen-bond donors (Lipinski definition) is 4. The van der Waals surface area contributed by atoms with E-state index in [0.29, 0.717) is 25.7 Å². The molecule has 0 amide bonds. The molecule has 1 fully saturated rings. The van der Waals surface area contributed by atoms with E-state index in [0.717, 1.165) is 12.8 Å². The Morgan fingerprint density at radius 1 is 1.11 bits per heavy atom. The Kier molecular flexibility index (Phi) is 12.4. The lowest BCUT2D eigenvalue weighted by molar-refractivity contribution is -0.136. The second-order valence-electron chi connectivity index (χ2n) is 6.92. The van der Waals surface area contributed by atoms with Gasteiger partial charge in [0.25, 0.3) is 0 Å². The molecule has 28 heavy (non-hydrogen) atoms. The summed E-state index contributed by atoms with van der Waals surface area (Å²) in [6, 6.07) is 0. The first-order chi connectivity index (χ1) is 13.4. The quantitative estimate of drug-likeness (QED) is 0.358. The summed E-state index contributed by atoms with van der Waals surface area (Å²) in [5, 5.41) is 38.3. The molecule has 158 valence electrons. The van der Waals surface area contributed by atoms with Crippen LogP contribution in [0.5, 0.6) is 0 Å². The summed E-state index contributed by atoms with van der Waals surface area (Å²) in [4.78, 5) is 10.4. The number of allylic oxidation sites excluding steroid dienone is 5. The van der Waals surface area contributed by atoms with Crippen molar-refractivity contribution < 1.29 is 30.0 Å². The van der Waals surface area contributed by atoms with Gasteiger partial charge in [-0.2, -0.15) is 0 Å². The molecule has 0 saturated carbocycles. The van der Waals surface area contributed by atoms with Crippen LogP contribution in [0.25, 0.3) is 0 Å². The van der Waals surface area contributed by atoms with E-state index in [9.17, 15) is 20.1 Å². The Hall–Kier alpha value is -1.73. The van der Waals surface area contributed by atoms with Crippen molar-refractivity contribution in [1.82, 2.24) is 0 Å². The van der Waals surface area contributed by atoms with E-state index >= 15 is 0 Å². The Morgan fingerprint density at radius 2 is 1.75 bits per heavy atom. The lowest BCUT2D eigenvalue weighted by Crippen LogP contribution is -2.25. The van der Waals surface area contributed by atoms with Crippen LogP contribution >= 0.6 is 0 Å². The summed E-state index contributed by atoms with van der Waals surface area (Å²) in [5.74, 6) is -0.785. The Balaban J connectivity index is 2.22. The predicted molar refractivity (Wildman–Crippen MR) is 109 cm³/mol. The van der Waals surface area contributed by atoms with Gasteiger partial charge in [0, 0.05) is 12.8 Å². The predicted octanol–water partition coefficient (Wildman–Crippen LogP) is 2.90. The highest BCUT2D eigenvalue weighted by Gasteiger charge is 2.35. The molecule has 5 atom stereocenters. The van der Waals surface area contributed by atoms with E-state index in [-0.39, 0.29) is 6.42 Å². The molecule has 1 aliphatic heterocycles. The van der Waals surface area contributed by atoms with E-state index < -0.39 is 36.5 Å². The highest BCUT2D eigenvalue weighted by molar-refractivity contribution is 5.66. The molecule has 0 aromatic rings. The number of carbonyl (C=O) groups is 1. The zero-order chi connectivity index (χ0) is 20.8. The van der Waals surface area contributed by atoms with Crippen molar-refractivity contribution >= 4 is 5.97 Å². The fraction of sp³-hybridized carbons (Fsp3) is 0.591. The summed E-state index contributed by atoms with van der Waals surface area (Å²) in [7, 11) is 0. The molecule has 1 rings (SSSR count). The van der Waals surface area contributed by atoms with Crippen molar-refractivity contribution in [1.29, 1.82) is 0 Å². The molecule has 0 radical (unpaired) electrons. The zero-order valence-corrected chi connectivity index (χ0v) is 16.6. The molecule has 0 aliphatic carbocycles. The van der Waals surface area contributed by atoms with Gasteiger partial charge in [0.15, 0.2) is 0 Å².